The lowest BCUT2D eigenvalue weighted by Crippen LogP contribution is -2.35. The molecule has 1 amide bonds. The molecular weight excluding hydrogens is 400 g/mol. The molecule has 0 aliphatic rings. The van der Waals surface area contributed by atoms with Gasteiger partial charge in [-0.05, 0) is 55.8 Å². The monoisotopic (exact) mass is 422 g/mol. The normalized spacial score (nSPS) is 10.9. The molecule has 0 saturated heterocycles. The molecular formula is C22H22N4O3S. The number of carbonyl (C=O) groups is 1. The first kappa shape index (κ1) is 21.1. The Kier molecular flexibility index (Phi) is 6.17. The maximum atomic E-state index is 12.8. The molecule has 7 nitrogen and oxygen atoms in total. The minimum atomic E-state index is -3.85. The number of hydrogen-bond donors (Lipinski definition) is 3. The van der Waals surface area contributed by atoms with Crippen molar-refractivity contribution in [2.75, 3.05) is 4.72 Å². The molecule has 1 heterocycles. The highest BCUT2D eigenvalue weighted by Crippen LogP contribution is 2.21. The van der Waals surface area contributed by atoms with E-state index in [1.54, 1.807) is 30.6 Å². The van der Waals surface area contributed by atoms with Gasteiger partial charge in [-0.15, -0.1) is 0 Å². The van der Waals surface area contributed by atoms with E-state index in [-0.39, 0.29) is 10.5 Å². The zero-order valence-corrected chi connectivity index (χ0v) is 17.5. The van der Waals surface area contributed by atoms with E-state index in [0.717, 1.165) is 16.7 Å². The molecule has 1 aromatic heterocycles. The van der Waals surface area contributed by atoms with Crippen LogP contribution in [0.1, 0.15) is 27.0 Å². The van der Waals surface area contributed by atoms with E-state index in [2.05, 4.69) is 27.1 Å². The lowest BCUT2D eigenvalue weighted by Gasteiger charge is -2.13. The smallest absolute Gasteiger partial charge is 0.269 e. The van der Waals surface area contributed by atoms with Gasteiger partial charge < -0.3 is 0 Å². The highest BCUT2D eigenvalue weighted by Gasteiger charge is 2.17. The van der Waals surface area contributed by atoms with Crippen LogP contribution >= 0.6 is 0 Å². The molecule has 0 aliphatic heterocycles. The van der Waals surface area contributed by atoms with Crippen LogP contribution in [0.25, 0.3) is 5.70 Å². The first-order valence-electron chi connectivity index (χ1n) is 9.12. The summed E-state index contributed by atoms with van der Waals surface area (Å²) < 4.78 is 28.1. The number of hydrazine groups is 1. The molecule has 8 heteroatoms. The average molecular weight is 423 g/mol. The number of aromatic nitrogens is 1. The molecule has 0 aliphatic carbocycles. The second-order valence-corrected chi connectivity index (χ2v) is 8.43. The van der Waals surface area contributed by atoms with Gasteiger partial charge in [0, 0.05) is 23.5 Å². The lowest BCUT2D eigenvalue weighted by atomic mass is 10.1. The molecule has 0 radical (unpaired) electrons. The predicted octanol–water partition coefficient (Wildman–Crippen LogP) is 3.40. The standard InChI is InChI=1S/C22H22N4O3S/c1-15-7-8-21(16(2)13-15)26-30(28,29)20-6-4-5-19(14-20)22(27)25-24-17(3)18-9-11-23-12-10-18/h4-14,24,26H,3H2,1-2H3,(H,25,27). The summed E-state index contributed by atoms with van der Waals surface area (Å²) in [5.74, 6) is -0.492. The van der Waals surface area contributed by atoms with Crippen molar-refractivity contribution in [3.63, 3.8) is 0 Å². The topological polar surface area (TPSA) is 100 Å². The third kappa shape index (κ3) is 5.03. The van der Waals surface area contributed by atoms with Gasteiger partial charge in [0.15, 0.2) is 0 Å². The van der Waals surface area contributed by atoms with E-state index in [9.17, 15) is 13.2 Å². The zero-order chi connectivity index (χ0) is 21.7. The maximum Gasteiger partial charge on any atom is 0.269 e. The van der Waals surface area contributed by atoms with Crippen LogP contribution in [-0.2, 0) is 10.0 Å². The predicted molar refractivity (Wildman–Crippen MR) is 117 cm³/mol. The Balaban J connectivity index is 1.73. The number of sulfonamides is 1. The largest absolute Gasteiger partial charge is 0.298 e. The first-order chi connectivity index (χ1) is 14.3. The summed E-state index contributed by atoms with van der Waals surface area (Å²) in [7, 11) is -3.85. The molecule has 3 aromatic rings. The molecule has 3 rings (SSSR count). The molecule has 0 saturated carbocycles. The van der Waals surface area contributed by atoms with Gasteiger partial charge in [0.05, 0.1) is 16.3 Å². The number of rotatable bonds is 7. The van der Waals surface area contributed by atoms with Crippen LogP contribution in [0.4, 0.5) is 5.69 Å². The summed E-state index contributed by atoms with van der Waals surface area (Å²) in [6.07, 6.45) is 3.22. The van der Waals surface area contributed by atoms with Crippen molar-refractivity contribution in [3.05, 3.63) is 95.8 Å². The van der Waals surface area contributed by atoms with Crippen molar-refractivity contribution in [2.45, 2.75) is 18.7 Å². The number of anilines is 1. The van der Waals surface area contributed by atoms with Gasteiger partial charge in [0.1, 0.15) is 0 Å². The van der Waals surface area contributed by atoms with Gasteiger partial charge in [-0.25, -0.2) is 8.42 Å². The molecule has 30 heavy (non-hydrogen) atoms. The fourth-order valence-corrected chi connectivity index (χ4v) is 3.94. The minimum Gasteiger partial charge on any atom is -0.298 e. The fourth-order valence-electron chi connectivity index (χ4n) is 2.77. The Morgan fingerprint density at radius 1 is 0.933 bits per heavy atom. The number of hydrogen-bond acceptors (Lipinski definition) is 5. The van der Waals surface area contributed by atoms with Crippen LogP contribution in [0.15, 0.2) is 78.5 Å². The molecule has 0 spiro atoms. The third-order valence-corrected chi connectivity index (χ3v) is 5.75. The Bertz CT molecular complexity index is 1190. The number of amides is 1. The molecule has 2 aromatic carbocycles. The van der Waals surface area contributed by atoms with Crippen molar-refractivity contribution < 1.29 is 13.2 Å². The lowest BCUT2D eigenvalue weighted by molar-refractivity contribution is 0.0942. The maximum absolute atomic E-state index is 12.8. The summed E-state index contributed by atoms with van der Waals surface area (Å²) in [5.41, 5.74) is 9.01. The summed E-state index contributed by atoms with van der Waals surface area (Å²) in [6, 6.07) is 14.7. The van der Waals surface area contributed by atoms with Crippen molar-refractivity contribution in [2.24, 2.45) is 0 Å². The summed E-state index contributed by atoms with van der Waals surface area (Å²) in [6.45, 7) is 7.61. The Labute approximate surface area is 175 Å². The van der Waals surface area contributed by atoms with Crippen LogP contribution in [-0.4, -0.2) is 19.3 Å². The number of nitrogens with zero attached hydrogens (tertiary/aromatic N) is 1. The van der Waals surface area contributed by atoms with E-state index < -0.39 is 15.9 Å². The van der Waals surface area contributed by atoms with Gasteiger partial charge in [0.25, 0.3) is 15.9 Å². The SMILES string of the molecule is C=C(NNC(=O)c1cccc(S(=O)(=O)Nc2ccc(C)cc2C)c1)c1ccncc1. The molecule has 0 bridgehead atoms. The van der Waals surface area contributed by atoms with Crippen LogP contribution in [0.3, 0.4) is 0 Å². The van der Waals surface area contributed by atoms with E-state index >= 15 is 0 Å². The minimum absolute atomic E-state index is 0.0110. The zero-order valence-electron chi connectivity index (χ0n) is 16.6. The van der Waals surface area contributed by atoms with Crippen molar-refractivity contribution >= 4 is 27.3 Å². The van der Waals surface area contributed by atoms with Crippen molar-refractivity contribution in [1.29, 1.82) is 0 Å². The summed E-state index contributed by atoms with van der Waals surface area (Å²) in [5, 5.41) is 0. The van der Waals surface area contributed by atoms with Gasteiger partial charge in [-0.3, -0.25) is 25.4 Å². The Morgan fingerprint density at radius 3 is 2.37 bits per heavy atom. The molecule has 0 unspecified atom stereocenters. The summed E-state index contributed by atoms with van der Waals surface area (Å²) >= 11 is 0. The Morgan fingerprint density at radius 2 is 1.67 bits per heavy atom. The highest BCUT2D eigenvalue weighted by atomic mass is 32.2. The fraction of sp³-hybridized carbons (Fsp3) is 0.0909. The summed E-state index contributed by atoms with van der Waals surface area (Å²) in [4.78, 5) is 16.4. The van der Waals surface area contributed by atoms with E-state index in [1.165, 1.54) is 24.3 Å². The van der Waals surface area contributed by atoms with Gasteiger partial charge >= 0.3 is 0 Å². The van der Waals surface area contributed by atoms with Crippen molar-refractivity contribution in [1.82, 2.24) is 15.8 Å². The van der Waals surface area contributed by atoms with Crippen LogP contribution in [0.5, 0.6) is 0 Å². The number of carbonyl (C=O) groups excluding carboxylic acids is 1. The second kappa shape index (κ2) is 8.79. The molecule has 0 atom stereocenters. The van der Waals surface area contributed by atoms with Crippen molar-refractivity contribution in [3.8, 4) is 0 Å². The van der Waals surface area contributed by atoms with Crippen LogP contribution in [0.2, 0.25) is 0 Å². The molecule has 3 N–H and O–H groups in total. The average Bonchev–Trinajstić information content (AvgIpc) is 2.74. The highest BCUT2D eigenvalue weighted by molar-refractivity contribution is 7.92. The van der Waals surface area contributed by atoms with Crippen LogP contribution in [0, 0.1) is 13.8 Å². The van der Waals surface area contributed by atoms with Gasteiger partial charge in [-0.1, -0.05) is 30.3 Å². The van der Waals surface area contributed by atoms with Gasteiger partial charge in [-0.2, -0.15) is 0 Å². The third-order valence-electron chi connectivity index (χ3n) is 4.39. The number of benzene rings is 2. The first-order valence-corrected chi connectivity index (χ1v) is 10.6. The van der Waals surface area contributed by atoms with E-state index in [4.69, 9.17) is 0 Å². The second-order valence-electron chi connectivity index (χ2n) is 6.75. The number of nitrogens with one attached hydrogen (secondary N) is 3. The van der Waals surface area contributed by atoms with E-state index in [1.807, 2.05) is 26.0 Å². The van der Waals surface area contributed by atoms with Gasteiger partial charge in [0.2, 0.25) is 0 Å². The number of pyridine rings is 1. The molecule has 0 fully saturated rings. The Hall–Kier alpha value is -3.65. The quantitative estimate of drug-likeness (QED) is 0.507. The molecule has 154 valence electrons. The van der Waals surface area contributed by atoms with E-state index in [0.29, 0.717) is 11.4 Å². The number of aryl methyl sites for hydroxylation is 2. The van der Waals surface area contributed by atoms with Crippen LogP contribution < -0.4 is 15.6 Å².